The van der Waals surface area contributed by atoms with E-state index >= 15 is 0 Å². The van der Waals surface area contributed by atoms with Gasteiger partial charge in [0.25, 0.3) is 0 Å². The molecule has 0 N–H and O–H groups in total. The molecule has 4 heteroatoms. The molecular formula is C12H13N3O. The fraction of sp³-hybridized carbons (Fsp3) is 0.417. The predicted molar refractivity (Wildman–Crippen MR) is 60.2 cm³/mol. The largest absolute Gasteiger partial charge is 0.357 e. The second kappa shape index (κ2) is 4.75. The first-order valence-corrected chi connectivity index (χ1v) is 5.39. The van der Waals surface area contributed by atoms with Crippen molar-refractivity contribution in [1.29, 1.82) is 5.26 Å². The Bertz CT molecular complexity index is 399. The molecule has 16 heavy (non-hydrogen) atoms. The third kappa shape index (κ3) is 2.19. The van der Waals surface area contributed by atoms with Crippen LogP contribution < -0.4 is 4.90 Å². The van der Waals surface area contributed by atoms with Crippen LogP contribution in [0.5, 0.6) is 0 Å². The van der Waals surface area contributed by atoms with E-state index in [4.69, 9.17) is 5.26 Å². The van der Waals surface area contributed by atoms with Crippen molar-refractivity contribution in [2.45, 2.75) is 12.8 Å². The van der Waals surface area contributed by atoms with Crippen LogP contribution in [0, 0.1) is 17.2 Å². The third-order valence-corrected chi connectivity index (χ3v) is 2.91. The molecule has 1 fully saturated rings. The Hall–Kier alpha value is -1.89. The van der Waals surface area contributed by atoms with Crippen LogP contribution in [-0.4, -0.2) is 24.4 Å². The predicted octanol–water partition coefficient (Wildman–Crippen LogP) is 1.63. The highest BCUT2D eigenvalue weighted by atomic mass is 16.1. The third-order valence-electron chi connectivity index (χ3n) is 2.91. The molecule has 0 bridgehead atoms. The summed E-state index contributed by atoms with van der Waals surface area (Å²) in [4.78, 5) is 16.9. The van der Waals surface area contributed by atoms with Crippen LogP contribution in [0.15, 0.2) is 18.3 Å². The van der Waals surface area contributed by atoms with Gasteiger partial charge in [-0.25, -0.2) is 4.98 Å². The van der Waals surface area contributed by atoms with E-state index in [9.17, 15) is 4.79 Å². The van der Waals surface area contributed by atoms with Crippen LogP contribution >= 0.6 is 0 Å². The van der Waals surface area contributed by atoms with E-state index in [0.717, 1.165) is 38.0 Å². The molecule has 0 aromatic carbocycles. The van der Waals surface area contributed by atoms with Crippen molar-refractivity contribution in [3.63, 3.8) is 0 Å². The maximum absolute atomic E-state index is 10.5. The zero-order chi connectivity index (χ0) is 11.4. The van der Waals surface area contributed by atoms with Crippen LogP contribution in [0.1, 0.15) is 23.2 Å². The van der Waals surface area contributed by atoms with Gasteiger partial charge < -0.3 is 4.90 Å². The van der Waals surface area contributed by atoms with E-state index in [0.29, 0.717) is 5.56 Å². The molecule has 0 atom stereocenters. The van der Waals surface area contributed by atoms with Gasteiger partial charge in [0.15, 0.2) is 6.29 Å². The quantitative estimate of drug-likeness (QED) is 0.703. The Morgan fingerprint density at radius 2 is 2.19 bits per heavy atom. The molecule has 0 radical (unpaired) electrons. The van der Waals surface area contributed by atoms with Crippen molar-refractivity contribution >= 4 is 12.1 Å². The van der Waals surface area contributed by atoms with Crippen molar-refractivity contribution in [1.82, 2.24) is 4.98 Å². The molecule has 1 aliphatic heterocycles. The van der Waals surface area contributed by atoms with Crippen LogP contribution in [-0.2, 0) is 0 Å². The number of carbonyl (C=O) groups is 1. The number of pyridine rings is 1. The lowest BCUT2D eigenvalue weighted by Gasteiger charge is -2.29. The number of hydrogen-bond donors (Lipinski definition) is 0. The maximum Gasteiger partial charge on any atom is 0.151 e. The van der Waals surface area contributed by atoms with Crippen molar-refractivity contribution in [3.05, 3.63) is 23.9 Å². The number of carbonyl (C=O) groups excluding carboxylic acids is 1. The highest BCUT2D eigenvalue weighted by Crippen LogP contribution is 2.20. The number of aromatic nitrogens is 1. The first kappa shape index (κ1) is 10.6. The Morgan fingerprint density at radius 1 is 1.44 bits per heavy atom. The second-order valence-electron chi connectivity index (χ2n) is 3.96. The summed E-state index contributed by atoms with van der Waals surface area (Å²) in [6, 6.07) is 5.93. The molecule has 0 aliphatic carbocycles. The van der Waals surface area contributed by atoms with Gasteiger partial charge >= 0.3 is 0 Å². The van der Waals surface area contributed by atoms with Crippen LogP contribution in [0.4, 0.5) is 5.82 Å². The van der Waals surface area contributed by atoms with Crippen LogP contribution in [0.25, 0.3) is 0 Å². The molecular weight excluding hydrogens is 202 g/mol. The lowest BCUT2D eigenvalue weighted by molar-refractivity contribution is 0.112. The van der Waals surface area contributed by atoms with Gasteiger partial charge in [-0.05, 0) is 25.0 Å². The zero-order valence-corrected chi connectivity index (χ0v) is 8.97. The van der Waals surface area contributed by atoms with Gasteiger partial charge in [-0.2, -0.15) is 5.26 Å². The van der Waals surface area contributed by atoms with E-state index in [1.807, 2.05) is 6.07 Å². The van der Waals surface area contributed by atoms with Crippen LogP contribution in [0.2, 0.25) is 0 Å². The molecule has 0 saturated carbocycles. The van der Waals surface area contributed by atoms with E-state index in [1.54, 1.807) is 12.3 Å². The Morgan fingerprint density at radius 3 is 2.69 bits per heavy atom. The molecule has 0 unspecified atom stereocenters. The molecule has 82 valence electrons. The Kier molecular flexibility index (Phi) is 3.16. The summed E-state index contributed by atoms with van der Waals surface area (Å²) in [7, 11) is 0. The van der Waals surface area contributed by atoms with Crippen molar-refractivity contribution in [2.24, 2.45) is 5.92 Å². The molecule has 0 amide bonds. The number of piperidine rings is 1. The molecule has 1 saturated heterocycles. The van der Waals surface area contributed by atoms with E-state index in [2.05, 4.69) is 16.0 Å². The average Bonchev–Trinajstić information content (AvgIpc) is 2.39. The molecule has 4 nitrogen and oxygen atoms in total. The van der Waals surface area contributed by atoms with E-state index in [-0.39, 0.29) is 5.92 Å². The minimum absolute atomic E-state index is 0.186. The summed E-state index contributed by atoms with van der Waals surface area (Å²) in [6.07, 6.45) is 4.17. The topological polar surface area (TPSA) is 57.0 Å². The summed E-state index contributed by atoms with van der Waals surface area (Å²) in [5, 5.41) is 8.79. The minimum atomic E-state index is 0.186. The number of aldehydes is 1. The maximum atomic E-state index is 10.5. The smallest absolute Gasteiger partial charge is 0.151 e. The van der Waals surface area contributed by atoms with Gasteiger partial charge in [-0.3, -0.25) is 4.79 Å². The van der Waals surface area contributed by atoms with Gasteiger partial charge in [0, 0.05) is 30.8 Å². The van der Waals surface area contributed by atoms with Gasteiger partial charge in [0.1, 0.15) is 5.82 Å². The standard InChI is InChI=1S/C12H13N3O/c13-7-10-3-5-15(6-4-10)12-2-1-11(9-16)8-14-12/h1-2,8-10H,3-6H2. The lowest BCUT2D eigenvalue weighted by Crippen LogP contribution is -2.33. The van der Waals surface area contributed by atoms with Gasteiger partial charge in [-0.1, -0.05) is 0 Å². The Balaban J connectivity index is 2.03. The SMILES string of the molecule is N#CC1CCN(c2ccc(C=O)cn2)CC1. The first-order chi connectivity index (χ1) is 7.83. The molecule has 1 aromatic heterocycles. The summed E-state index contributed by atoms with van der Waals surface area (Å²) >= 11 is 0. The van der Waals surface area contributed by atoms with Crippen LogP contribution in [0.3, 0.4) is 0 Å². The van der Waals surface area contributed by atoms with E-state index < -0.39 is 0 Å². The number of nitriles is 1. The highest BCUT2D eigenvalue weighted by Gasteiger charge is 2.19. The molecule has 1 aromatic rings. The number of nitrogens with zero attached hydrogens (tertiary/aromatic N) is 3. The lowest BCUT2D eigenvalue weighted by atomic mass is 9.99. The minimum Gasteiger partial charge on any atom is -0.357 e. The molecule has 1 aliphatic rings. The highest BCUT2D eigenvalue weighted by molar-refractivity contribution is 5.74. The normalized spacial score (nSPS) is 16.8. The van der Waals surface area contributed by atoms with Gasteiger partial charge in [0.2, 0.25) is 0 Å². The van der Waals surface area contributed by atoms with Crippen molar-refractivity contribution < 1.29 is 4.79 Å². The summed E-state index contributed by atoms with van der Waals surface area (Å²) in [5.41, 5.74) is 0.593. The number of rotatable bonds is 2. The number of anilines is 1. The molecule has 2 heterocycles. The molecule has 2 rings (SSSR count). The number of hydrogen-bond acceptors (Lipinski definition) is 4. The van der Waals surface area contributed by atoms with Gasteiger partial charge in [0.05, 0.1) is 6.07 Å². The average molecular weight is 215 g/mol. The summed E-state index contributed by atoms with van der Waals surface area (Å²) in [6.45, 7) is 1.73. The van der Waals surface area contributed by atoms with Crippen molar-refractivity contribution in [3.8, 4) is 6.07 Å². The first-order valence-electron chi connectivity index (χ1n) is 5.39. The van der Waals surface area contributed by atoms with Crippen molar-refractivity contribution in [2.75, 3.05) is 18.0 Å². The van der Waals surface area contributed by atoms with E-state index in [1.165, 1.54) is 0 Å². The fourth-order valence-electron chi connectivity index (χ4n) is 1.89. The monoisotopic (exact) mass is 215 g/mol. The fourth-order valence-corrected chi connectivity index (χ4v) is 1.89. The second-order valence-corrected chi connectivity index (χ2v) is 3.96. The summed E-state index contributed by atoms with van der Waals surface area (Å²) < 4.78 is 0. The zero-order valence-electron chi connectivity index (χ0n) is 8.97. The molecule has 0 spiro atoms. The Labute approximate surface area is 94.5 Å². The van der Waals surface area contributed by atoms with Gasteiger partial charge in [-0.15, -0.1) is 0 Å². The summed E-state index contributed by atoms with van der Waals surface area (Å²) in [5.74, 6) is 1.08.